The van der Waals surface area contributed by atoms with Gasteiger partial charge in [-0.1, -0.05) is 29.8 Å². The van der Waals surface area contributed by atoms with Gasteiger partial charge in [-0.25, -0.2) is 0 Å². The summed E-state index contributed by atoms with van der Waals surface area (Å²) in [7, 11) is 1.67. The number of hydrogen-bond acceptors (Lipinski definition) is 3. The van der Waals surface area contributed by atoms with Gasteiger partial charge in [-0.05, 0) is 12.5 Å². The molecule has 0 amide bonds. The van der Waals surface area contributed by atoms with Gasteiger partial charge in [0.05, 0.1) is 19.3 Å². The lowest BCUT2D eigenvalue weighted by molar-refractivity contribution is 0.184. The van der Waals surface area contributed by atoms with Gasteiger partial charge in [0.1, 0.15) is 0 Å². The van der Waals surface area contributed by atoms with E-state index < -0.39 is 0 Å². The van der Waals surface area contributed by atoms with Crippen LogP contribution in [0, 0.1) is 6.92 Å². The zero-order chi connectivity index (χ0) is 11.1. The van der Waals surface area contributed by atoms with Crippen molar-refractivity contribution in [1.29, 1.82) is 0 Å². The minimum Gasteiger partial charge on any atom is -0.394 e. The summed E-state index contributed by atoms with van der Waals surface area (Å²) in [6.45, 7) is 3.56. The molecule has 0 saturated carbocycles. The van der Waals surface area contributed by atoms with Gasteiger partial charge in [0.25, 0.3) is 0 Å². The van der Waals surface area contributed by atoms with Crippen molar-refractivity contribution in [1.82, 2.24) is 5.32 Å². The van der Waals surface area contributed by atoms with Crippen LogP contribution in [0.5, 0.6) is 0 Å². The van der Waals surface area contributed by atoms with Crippen molar-refractivity contribution in [2.75, 3.05) is 26.9 Å². The predicted octanol–water partition coefficient (Wildman–Crippen LogP) is 1.26. The molecular formula is C12H19NO2. The number of nitrogens with one attached hydrogen (secondary N) is 1. The van der Waals surface area contributed by atoms with Crippen molar-refractivity contribution < 1.29 is 9.84 Å². The number of benzene rings is 1. The molecular weight excluding hydrogens is 190 g/mol. The Hall–Kier alpha value is -0.900. The van der Waals surface area contributed by atoms with Crippen molar-refractivity contribution in [2.45, 2.75) is 13.0 Å². The van der Waals surface area contributed by atoms with Crippen molar-refractivity contribution in [3.8, 4) is 0 Å². The van der Waals surface area contributed by atoms with Crippen molar-refractivity contribution in [3.63, 3.8) is 0 Å². The third-order valence-electron chi connectivity index (χ3n) is 2.36. The van der Waals surface area contributed by atoms with E-state index in [1.165, 1.54) is 5.56 Å². The number of hydrogen-bond donors (Lipinski definition) is 2. The molecule has 1 unspecified atom stereocenters. The molecule has 0 aliphatic carbocycles. The fourth-order valence-corrected chi connectivity index (χ4v) is 1.42. The van der Waals surface area contributed by atoms with Gasteiger partial charge in [-0.2, -0.15) is 0 Å². The molecule has 1 aromatic rings. The molecule has 0 heterocycles. The van der Waals surface area contributed by atoms with E-state index in [0.717, 1.165) is 12.1 Å². The Balaban J connectivity index is 2.53. The topological polar surface area (TPSA) is 41.5 Å². The highest BCUT2D eigenvalue weighted by Gasteiger charge is 2.08. The predicted molar refractivity (Wildman–Crippen MR) is 60.9 cm³/mol. The van der Waals surface area contributed by atoms with Crippen LogP contribution in [0.1, 0.15) is 17.2 Å². The molecule has 1 aromatic carbocycles. The Kier molecular flexibility index (Phi) is 5.32. The van der Waals surface area contributed by atoms with Gasteiger partial charge in [-0.15, -0.1) is 0 Å². The van der Waals surface area contributed by atoms with Crippen LogP contribution in [0.4, 0.5) is 0 Å². The zero-order valence-corrected chi connectivity index (χ0v) is 9.36. The first-order valence-corrected chi connectivity index (χ1v) is 5.17. The minimum atomic E-state index is 0.000694. The summed E-state index contributed by atoms with van der Waals surface area (Å²) in [6, 6.07) is 8.18. The van der Waals surface area contributed by atoms with Gasteiger partial charge in [-0.3, -0.25) is 0 Å². The average Bonchev–Trinajstić information content (AvgIpc) is 2.26. The first-order valence-electron chi connectivity index (χ1n) is 5.17. The molecule has 0 spiro atoms. The lowest BCUT2D eigenvalue weighted by Gasteiger charge is -2.16. The van der Waals surface area contributed by atoms with Crippen LogP contribution in [-0.4, -0.2) is 32.0 Å². The molecule has 1 atom stereocenters. The largest absolute Gasteiger partial charge is 0.394 e. The van der Waals surface area contributed by atoms with E-state index in [1.807, 2.05) is 12.1 Å². The monoisotopic (exact) mass is 209 g/mol. The van der Waals surface area contributed by atoms with Crippen LogP contribution in [0.3, 0.4) is 0 Å². The van der Waals surface area contributed by atoms with E-state index in [9.17, 15) is 5.11 Å². The van der Waals surface area contributed by atoms with Gasteiger partial charge < -0.3 is 15.2 Å². The molecule has 1 rings (SSSR count). The minimum absolute atomic E-state index is 0.000694. The summed E-state index contributed by atoms with van der Waals surface area (Å²) in [4.78, 5) is 0. The molecule has 3 heteroatoms. The first kappa shape index (κ1) is 12.2. The maximum atomic E-state index is 9.24. The molecule has 0 radical (unpaired) electrons. The molecule has 0 aliphatic rings. The number of ether oxygens (including phenoxy) is 1. The third-order valence-corrected chi connectivity index (χ3v) is 2.36. The quantitative estimate of drug-likeness (QED) is 0.693. The fourth-order valence-electron chi connectivity index (χ4n) is 1.42. The standard InChI is InChI=1S/C12H19NO2/c1-10-3-5-11(6-4-10)12(9-14)13-7-8-15-2/h3-6,12-14H,7-9H2,1-2H3. The Morgan fingerprint density at radius 2 is 2.00 bits per heavy atom. The van der Waals surface area contributed by atoms with Gasteiger partial charge in [0.15, 0.2) is 0 Å². The normalized spacial score (nSPS) is 12.7. The Morgan fingerprint density at radius 1 is 1.33 bits per heavy atom. The Bertz CT molecular complexity index is 271. The van der Waals surface area contributed by atoms with E-state index in [4.69, 9.17) is 4.74 Å². The van der Waals surface area contributed by atoms with Crippen molar-refractivity contribution in [3.05, 3.63) is 35.4 Å². The molecule has 84 valence electrons. The highest BCUT2D eigenvalue weighted by Crippen LogP contribution is 2.12. The van der Waals surface area contributed by atoms with E-state index >= 15 is 0 Å². The van der Waals surface area contributed by atoms with Gasteiger partial charge in [0, 0.05) is 13.7 Å². The summed E-state index contributed by atoms with van der Waals surface area (Å²) in [6.07, 6.45) is 0. The average molecular weight is 209 g/mol. The van der Waals surface area contributed by atoms with Crippen LogP contribution in [0.2, 0.25) is 0 Å². The van der Waals surface area contributed by atoms with E-state index in [0.29, 0.717) is 6.61 Å². The first-order chi connectivity index (χ1) is 7.27. The second-order valence-corrected chi connectivity index (χ2v) is 3.59. The third kappa shape index (κ3) is 4.00. The van der Waals surface area contributed by atoms with Crippen LogP contribution >= 0.6 is 0 Å². The maximum Gasteiger partial charge on any atom is 0.0626 e. The van der Waals surface area contributed by atoms with Crippen LogP contribution < -0.4 is 5.32 Å². The smallest absolute Gasteiger partial charge is 0.0626 e. The van der Waals surface area contributed by atoms with Crippen molar-refractivity contribution in [2.24, 2.45) is 0 Å². The molecule has 0 fully saturated rings. The highest BCUT2D eigenvalue weighted by molar-refractivity contribution is 5.24. The van der Waals surface area contributed by atoms with Crippen LogP contribution in [-0.2, 0) is 4.74 Å². The Labute approximate surface area is 91.1 Å². The highest BCUT2D eigenvalue weighted by atomic mass is 16.5. The van der Waals surface area contributed by atoms with E-state index in [-0.39, 0.29) is 12.6 Å². The lowest BCUT2D eigenvalue weighted by atomic mass is 10.1. The molecule has 3 nitrogen and oxygen atoms in total. The SMILES string of the molecule is COCCNC(CO)c1ccc(C)cc1. The molecule has 0 saturated heterocycles. The summed E-state index contributed by atoms with van der Waals surface area (Å²) in [5.41, 5.74) is 2.34. The van der Waals surface area contributed by atoms with Gasteiger partial charge in [0.2, 0.25) is 0 Å². The summed E-state index contributed by atoms with van der Waals surface area (Å²) in [5.74, 6) is 0. The zero-order valence-electron chi connectivity index (χ0n) is 9.36. The second kappa shape index (κ2) is 6.56. The molecule has 0 aliphatic heterocycles. The molecule has 0 bridgehead atoms. The molecule has 15 heavy (non-hydrogen) atoms. The fraction of sp³-hybridized carbons (Fsp3) is 0.500. The molecule has 2 N–H and O–H groups in total. The van der Waals surface area contributed by atoms with Crippen LogP contribution in [0.25, 0.3) is 0 Å². The van der Waals surface area contributed by atoms with Gasteiger partial charge >= 0.3 is 0 Å². The number of methoxy groups -OCH3 is 1. The Morgan fingerprint density at radius 3 is 2.53 bits per heavy atom. The summed E-state index contributed by atoms with van der Waals surface area (Å²) < 4.78 is 4.95. The second-order valence-electron chi connectivity index (χ2n) is 3.59. The van der Waals surface area contributed by atoms with Crippen molar-refractivity contribution >= 4 is 0 Å². The lowest BCUT2D eigenvalue weighted by Crippen LogP contribution is -2.27. The summed E-state index contributed by atoms with van der Waals surface area (Å²) >= 11 is 0. The summed E-state index contributed by atoms with van der Waals surface area (Å²) in [5, 5.41) is 12.5. The number of aliphatic hydroxyl groups excluding tert-OH is 1. The maximum absolute atomic E-state index is 9.24. The van der Waals surface area contributed by atoms with Crippen LogP contribution in [0.15, 0.2) is 24.3 Å². The molecule has 0 aromatic heterocycles. The number of aryl methyl sites for hydroxylation is 1. The number of aliphatic hydroxyl groups is 1. The van der Waals surface area contributed by atoms with E-state index in [1.54, 1.807) is 7.11 Å². The number of rotatable bonds is 6. The van der Waals surface area contributed by atoms with E-state index in [2.05, 4.69) is 24.4 Å².